The topological polar surface area (TPSA) is 37.3 Å². The summed E-state index contributed by atoms with van der Waals surface area (Å²) in [5.74, 6) is -13.3. The van der Waals surface area contributed by atoms with Gasteiger partial charge < -0.3 is 5.11 Å². The normalized spacial score (nSPS) is 10.8. The van der Waals surface area contributed by atoms with Crippen molar-refractivity contribution in [2.24, 2.45) is 0 Å². The molecule has 0 heterocycles. The molecule has 0 fully saturated rings. The third-order valence-corrected chi connectivity index (χ3v) is 2.89. The van der Waals surface area contributed by atoms with Crippen LogP contribution in [0.15, 0.2) is 18.2 Å². The van der Waals surface area contributed by atoms with E-state index < -0.39 is 58.4 Å². The van der Waals surface area contributed by atoms with E-state index in [-0.39, 0.29) is 5.56 Å². The standard InChI is InChI=1S/C14H6F6O2/c15-7-3-6(2-1-5(7)4-8(21)22)9-10(16)12(18)14(20)13(19)11(9)17/h1-3H,4H2,(H,21,22). The van der Waals surface area contributed by atoms with Gasteiger partial charge in [-0.05, 0) is 17.2 Å². The van der Waals surface area contributed by atoms with E-state index in [0.717, 1.165) is 12.1 Å². The molecule has 0 atom stereocenters. The van der Waals surface area contributed by atoms with Crippen LogP contribution in [0.2, 0.25) is 0 Å². The van der Waals surface area contributed by atoms with Crippen LogP contribution in [-0.2, 0) is 11.2 Å². The van der Waals surface area contributed by atoms with Gasteiger partial charge in [-0.15, -0.1) is 0 Å². The van der Waals surface area contributed by atoms with Gasteiger partial charge in [-0.3, -0.25) is 4.79 Å². The van der Waals surface area contributed by atoms with Crippen LogP contribution in [0.3, 0.4) is 0 Å². The zero-order valence-electron chi connectivity index (χ0n) is 10.6. The Balaban J connectivity index is 2.63. The lowest BCUT2D eigenvalue weighted by atomic mass is 10.0. The lowest BCUT2D eigenvalue weighted by Gasteiger charge is -2.09. The Morgan fingerprint density at radius 1 is 0.864 bits per heavy atom. The van der Waals surface area contributed by atoms with E-state index in [1.54, 1.807) is 0 Å². The molecule has 0 aliphatic rings. The fourth-order valence-corrected chi connectivity index (χ4v) is 1.87. The Labute approximate surface area is 119 Å². The summed E-state index contributed by atoms with van der Waals surface area (Å²) in [4.78, 5) is 10.5. The fourth-order valence-electron chi connectivity index (χ4n) is 1.87. The van der Waals surface area contributed by atoms with Gasteiger partial charge in [-0.2, -0.15) is 0 Å². The Morgan fingerprint density at radius 3 is 1.82 bits per heavy atom. The summed E-state index contributed by atoms with van der Waals surface area (Å²) in [6.07, 6.45) is -0.691. The van der Waals surface area contributed by atoms with Crippen molar-refractivity contribution in [3.05, 3.63) is 58.7 Å². The van der Waals surface area contributed by atoms with E-state index in [4.69, 9.17) is 5.11 Å². The molecule has 0 radical (unpaired) electrons. The lowest BCUT2D eigenvalue weighted by molar-refractivity contribution is -0.136. The maximum Gasteiger partial charge on any atom is 0.307 e. The minimum Gasteiger partial charge on any atom is -0.481 e. The number of aliphatic carboxylic acids is 1. The second-order valence-electron chi connectivity index (χ2n) is 4.32. The highest BCUT2D eigenvalue weighted by Crippen LogP contribution is 2.32. The fraction of sp³-hybridized carbons (Fsp3) is 0.0714. The van der Waals surface area contributed by atoms with E-state index in [1.165, 1.54) is 0 Å². The average Bonchev–Trinajstić information content (AvgIpc) is 2.45. The summed E-state index contributed by atoms with van der Waals surface area (Å²) in [5.41, 5.74) is -2.17. The highest BCUT2D eigenvalue weighted by molar-refractivity contribution is 5.71. The third kappa shape index (κ3) is 2.63. The molecule has 0 aliphatic carbocycles. The van der Waals surface area contributed by atoms with E-state index in [0.29, 0.717) is 6.07 Å². The highest BCUT2D eigenvalue weighted by atomic mass is 19.2. The molecule has 0 bridgehead atoms. The molecule has 22 heavy (non-hydrogen) atoms. The van der Waals surface area contributed by atoms with E-state index >= 15 is 0 Å². The van der Waals surface area contributed by atoms with Crippen molar-refractivity contribution in [1.82, 2.24) is 0 Å². The number of hydrogen-bond donors (Lipinski definition) is 1. The van der Waals surface area contributed by atoms with E-state index in [9.17, 15) is 31.1 Å². The molecule has 2 aromatic carbocycles. The smallest absolute Gasteiger partial charge is 0.307 e. The van der Waals surface area contributed by atoms with Crippen LogP contribution < -0.4 is 0 Å². The second-order valence-corrected chi connectivity index (χ2v) is 4.32. The molecule has 2 aromatic rings. The summed E-state index contributed by atoms with van der Waals surface area (Å²) in [6, 6.07) is 2.28. The Kier molecular flexibility index (Phi) is 4.11. The largest absolute Gasteiger partial charge is 0.481 e. The molecule has 0 saturated carbocycles. The zero-order valence-corrected chi connectivity index (χ0v) is 10.6. The number of carboxylic acid groups (broad SMARTS) is 1. The van der Waals surface area contributed by atoms with Crippen LogP contribution in [0.5, 0.6) is 0 Å². The number of carbonyl (C=O) groups is 1. The molecule has 116 valence electrons. The van der Waals surface area contributed by atoms with Gasteiger partial charge in [0.1, 0.15) is 5.82 Å². The molecule has 0 unspecified atom stereocenters. The van der Waals surface area contributed by atoms with Crippen molar-refractivity contribution < 1.29 is 36.2 Å². The predicted octanol–water partition coefficient (Wildman–Crippen LogP) is 3.82. The second kappa shape index (κ2) is 5.70. The Hall–Kier alpha value is -2.51. The molecule has 0 amide bonds. The molecule has 0 saturated heterocycles. The number of carboxylic acids is 1. The van der Waals surface area contributed by atoms with Crippen LogP contribution >= 0.6 is 0 Å². The SMILES string of the molecule is O=C(O)Cc1ccc(-c2c(F)c(F)c(F)c(F)c2F)cc1F. The minimum atomic E-state index is -2.32. The van der Waals surface area contributed by atoms with E-state index in [1.807, 2.05) is 0 Å². The first kappa shape index (κ1) is 15.9. The van der Waals surface area contributed by atoms with Gasteiger partial charge in [0.25, 0.3) is 0 Å². The molecular weight excluding hydrogens is 314 g/mol. The third-order valence-electron chi connectivity index (χ3n) is 2.89. The molecule has 1 N–H and O–H groups in total. The summed E-state index contributed by atoms with van der Waals surface area (Å²) in [6.45, 7) is 0. The molecular formula is C14H6F6O2. The van der Waals surface area contributed by atoms with Crippen molar-refractivity contribution in [1.29, 1.82) is 0 Å². The zero-order chi connectivity index (χ0) is 16.6. The van der Waals surface area contributed by atoms with Crippen LogP contribution in [0, 0.1) is 34.9 Å². The number of hydrogen-bond acceptors (Lipinski definition) is 1. The molecule has 8 heteroatoms. The number of benzene rings is 2. The lowest BCUT2D eigenvalue weighted by Crippen LogP contribution is -2.05. The first-order valence-corrected chi connectivity index (χ1v) is 5.76. The first-order valence-electron chi connectivity index (χ1n) is 5.76. The summed E-state index contributed by atoms with van der Waals surface area (Å²) < 4.78 is 80.0. The maximum absolute atomic E-state index is 13.7. The molecule has 0 aliphatic heterocycles. The Bertz CT molecular complexity index is 743. The first-order chi connectivity index (χ1) is 10.2. The van der Waals surface area contributed by atoms with Gasteiger partial charge in [0.2, 0.25) is 5.82 Å². The van der Waals surface area contributed by atoms with Gasteiger partial charge in [0.05, 0.1) is 12.0 Å². The highest BCUT2D eigenvalue weighted by Gasteiger charge is 2.27. The monoisotopic (exact) mass is 320 g/mol. The van der Waals surface area contributed by atoms with Gasteiger partial charge in [0, 0.05) is 0 Å². The summed E-state index contributed by atoms with van der Waals surface area (Å²) in [7, 11) is 0. The van der Waals surface area contributed by atoms with Crippen molar-refractivity contribution in [2.75, 3.05) is 0 Å². The van der Waals surface area contributed by atoms with Gasteiger partial charge in [0.15, 0.2) is 23.3 Å². The maximum atomic E-state index is 13.7. The molecule has 2 nitrogen and oxygen atoms in total. The summed E-state index contributed by atoms with van der Waals surface area (Å²) in [5, 5.41) is 8.54. The number of rotatable bonds is 3. The van der Waals surface area contributed by atoms with Gasteiger partial charge in [-0.25, -0.2) is 26.3 Å². The van der Waals surface area contributed by atoms with Gasteiger partial charge >= 0.3 is 5.97 Å². The minimum absolute atomic E-state index is 0.292. The summed E-state index contributed by atoms with van der Waals surface area (Å²) >= 11 is 0. The quantitative estimate of drug-likeness (QED) is 0.530. The van der Waals surface area contributed by atoms with Gasteiger partial charge in [-0.1, -0.05) is 12.1 Å². The molecule has 0 spiro atoms. The van der Waals surface area contributed by atoms with Crippen molar-refractivity contribution in [3.63, 3.8) is 0 Å². The van der Waals surface area contributed by atoms with Crippen LogP contribution in [0.1, 0.15) is 5.56 Å². The van der Waals surface area contributed by atoms with Crippen LogP contribution in [0.25, 0.3) is 11.1 Å². The molecule has 0 aromatic heterocycles. The van der Waals surface area contributed by atoms with E-state index in [2.05, 4.69) is 0 Å². The van der Waals surface area contributed by atoms with Crippen LogP contribution in [0.4, 0.5) is 26.3 Å². The molecule has 2 rings (SSSR count). The predicted molar refractivity (Wildman–Crippen MR) is 63.0 cm³/mol. The van der Waals surface area contributed by atoms with Crippen molar-refractivity contribution in [2.45, 2.75) is 6.42 Å². The van der Waals surface area contributed by atoms with Crippen molar-refractivity contribution in [3.8, 4) is 11.1 Å². The number of halogens is 6. The van der Waals surface area contributed by atoms with Crippen molar-refractivity contribution >= 4 is 5.97 Å². The average molecular weight is 320 g/mol. The Morgan fingerprint density at radius 2 is 1.36 bits per heavy atom. The van der Waals surface area contributed by atoms with Crippen LogP contribution in [-0.4, -0.2) is 11.1 Å².